The summed E-state index contributed by atoms with van der Waals surface area (Å²) in [5.41, 5.74) is 1.45. The third-order valence-corrected chi connectivity index (χ3v) is 4.39. The first kappa shape index (κ1) is 18.0. The minimum atomic E-state index is -0.900. The third kappa shape index (κ3) is 3.77. The Kier molecular flexibility index (Phi) is 5.64. The molecule has 1 amide bonds. The van der Waals surface area contributed by atoms with Gasteiger partial charge in [-0.15, -0.1) is 0 Å². The van der Waals surface area contributed by atoms with Gasteiger partial charge in [-0.05, 0) is 39.2 Å². The first-order chi connectivity index (χ1) is 11.3. The molecule has 1 aromatic heterocycles. The van der Waals surface area contributed by atoms with Crippen LogP contribution in [-0.4, -0.2) is 42.1 Å². The molecule has 2 rings (SSSR count). The van der Waals surface area contributed by atoms with Crippen molar-refractivity contribution in [2.45, 2.75) is 58.6 Å². The Morgan fingerprint density at radius 3 is 2.38 bits per heavy atom. The molecule has 1 fully saturated rings. The highest BCUT2D eigenvalue weighted by molar-refractivity contribution is 5.99. The third-order valence-electron chi connectivity index (χ3n) is 4.39. The van der Waals surface area contributed by atoms with Crippen LogP contribution in [0.2, 0.25) is 0 Å². The Labute approximate surface area is 141 Å². The minimum Gasteiger partial charge on any atom is -0.465 e. The minimum absolute atomic E-state index is 0.161. The van der Waals surface area contributed by atoms with Gasteiger partial charge in [-0.3, -0.25) is 4.79 Å². The number of esters is 2. The summed E-state index contributed by atoms with van der Waals surface area (Å²) in [6.45, 7) is 4.84. The molecular weight excluding hydrogens is 312 g/mol. The van der Waals surface area contributed by atoms with E-state index < -0.39 is 18.0 Å². The number of carbonyl (C=O) groups excluding carboxylic acids is 3. The van der Waals surface area contributed by atoms with Crippen molar-refractivity contribution in [1.29, 1.82) is 0 Å². The van der Waals surface area contributed by atoms with Crippen molar-refractivity contribution in [3.63, 3.8) is 0 Å². The summed E-state index contributed by atoms with van der Waals surface area (Å²) in [5.74, 6) is -1.49. The van der Waals surface area contributed by atoms with Gasteiger partial charge in [0.25, 0.3) is 5.91 Å². The zero-order chi connectivity index (χ0) is 17.9. The lowest BCUT2D eigenvalue weighted by molar-refractivity contribution is -0.129. The van der Waals surface area contributed by atoms with E-state index in [0.717, 1.165) is 25.7 Å². The van der Waals surface area contributed by atoms with E-state index in [1.807, 2.05) is 0 Å². The SMILES string of the molecule is COC(=O)c1c(C)[nH]c(C(=O)O[C@@H](C)C(=O)NC2CCCC2)c1C. The zero-order valence-electron chi connectivity index (χ0n) is 14.5. The molecule has 7 heteroatoms. The van der Waals surface area contributed by atoms with Crippen molar-refractivity contribution in [3.05, 3.63) is 22.5 Å². The van der Waals surface area contributed by atoms with Gasteiger partial charge in [0, 0.05) is 11.7 Å². The van der Waals surface area contributed by atoms with Crippen molar-refractivity contribution < 1.29 is 23.9 Å². The molecule has 24 heavy (non-hydrogen) atoms. The lowest BCUT2D eigenvalue weighted by atomic mass is 10.1. The van der Waals surface area contributed by atoms with E-state index in [1.54, 1.807) is 13.8 Å². The zero-order valence-corrected chi connectivity index (χ0v) is 14.5. The maximum absolute atomic E-state index is 12.3. The molecule has 0 aromatic carbocycles. The van der Waals surface area contributed by atoms with Crippen LogP contribution in [0.1, 0.15) is 64.7 Å². The summed E-state index contributed by atoms with van der Waals surface area (Å²) >= 11 is 0. The fourth-order valence-corrected chi connectivity index (χ4v) is 3.02. The number of ether oxygens (including phenoxy) is 2. The smallest absolute Gasteiger partial charge is 0.355 e. The number of carbonyl (C=O) groups is 3. The molecule has 1 saturated carbocycles. The molecule has 2 N–H and O–H groups in total. The number of aromatic amines is 1. The number of aromatic nitrogens is 1. The molecule has 0 radical (unpaired) electrons. The quantitative estimate of drug-likeness (QED) is 0.802. The average molecular weight is 336 g/mol. The highest BCUT2D eigenvalue weighted by Crippen LogP contribution is 2.20. The molecule has 1 aliphatic carbocycles. The van der Waals surface area contributed by atoms with Gasteiger partial charge in [-0.1, -0.05) is 12.8 Å². The Balaban J connectivity index is 2.03. The maximum atomic E-state index is 12.3. The summed E-state index contributed by atoms with van der Waals surface area (Å²) in [5, 5.41) is 2.89. The number of hydrogen-bond acceptors (Lipinski definition) is 5. The summed E-state index contributed by atoms with van der Waals surface area (Å²) in [7, 11) is 1.28. The standard InChI is InChI=1S/C17H24N2O5/c1-9-13(16(21)23-4)10(2)18-14(9)17(22)24-11(3)15(20)19-12-7-5-6-8-12/h11-12,18H,5-8H2,1-4H3,(H,19,20)/t11-/m0/s1. The first-order valence-corrected chi connectivity index (χ1v) is 8.14. The van der Waals surface area contributed by atoms with E-state index in [1.165, 1.54) is 14.0 Å². The Morgan fingerprint density at radius 1 is 1.17 bits per heavy atom. The van der Waals surface area contributed by atoms with E-state index in [0.29, 0.717) is 16.8 Å². The number of aryl methyl sites for hydroxylation is 1. The van der Waals surface area contributed by atoms with Crippen molar-refractivity contribution in [3.8, 4) is 0 Å². The van der Waals surface area contributed by atoms with Crippen molar-refractivity contribution in [2.75, 3.05) is 7.11 Å². The highest BCUT2D eigenvalue weighted by Gasteiger charge is 2.27. The molecular formula is C17H24N2O5. The fourth-order valence-electron chi connectivity index (χ4n) is 3.02. The normalized spacial score (nSPS) is 15.8. The van der Waals surface area contributed by atoms with Gasteiger partial charge in [0.2, 0.25) is 0 Å². The van der Waals surface area contributed by atoms with Gasteiger partial charge in [0.1, 0.15) is 5.69 Å². The molecule has 0 saturated heterocycles. The predicted octanol–water partition coefficient (Wildman–Crippen LogP) is 2.02. The number of hydrogen-bond donors (Lipinski definition) is 2. The van der Waals surface area contributed by atoms with Gasteiger partial charge in [-0.25, -0.2) is 9.59 Å². The van der Waals surface area contributed by atoms with E-state index in [4.69, 9.17) is 9.47 Å². The van der Waals surface area contributed by atoms with Gasteiger partial charge in [-0.2, -0.15) is 0 Å². The van der Waals surface area contributed by atoms with Crippen molar-refractivity contribution in [2.24, 2.45) is 0 Å². The second kappa shape index (κ2) is 7.51. The Hall–Kier alpha value is -2.31. The van der Waals surface area contributed by atoms with Crippen molar-refractivity contribution >= 4 is 17.8 Å². The largest absolute Gasteiger partial charge is 0.465 e. The van der Waals surface area contributed by atoms with Crippen LogP contribution in [0.5, 0.6) is 0 Å². The molecule has 132 valence electrons. The van der Waals surface area contributed by atoms with E-state index in [2.05, 4.69) is 10.3 Å². The molecule has 0 spiro atoms. The van der Waals surface area contributed by atoms with Gasteiger partial charge < -0.3 is 19.8 Å². The van der Waals surface area contributed by atoms with Crippen LogP contribution in [0.3, 0.4) is 0 Å². The molecule has 1 aliphatic rings. The average Bonchev–Trinajstić information content (AvgIpc) is 3.14. The van der Waals surface area contributed by atoms with Crippen LogP contribution in [-0.2, 0) is 14.3 Å². The monoisotopic (exact) mass is 336 g/mol. The fraction of sp³-hybridized carbons (Fsp3) is 0.588. The number of methoxy groups -OCH3 is 1. The highest BCUT2D eigenvalue weighted by atomic mass is 16.5. The van der Waals surface area contributed by atoms with E-state index in [-0.39, 0.29) is 17.6 Å². The lowest BCUT2D eigenvalue weighted by Crippen LogP contribution is -2.40. The molecule has 0 unspecified atom stereocenters. The Bertz CT molecular complexity index is 644. The van der Waals surface area contributed by atoms with Crippen LogP contribution in [0.4, 0.5) is 0 Å². The molecule has 0 aliphatic heterocycles. The molecule has 7 nitrogen and oxygen atoms in total. The van der Waals surface area contributed by atoms with Crippen molar-refractivity contribution in [1.82, 2.24) is 10.3 Å². The van der Waals surface area contributed by atoms with Crippen LogP contribution in [0, 0.1) is 13.8 Å². The van der Waals surface area contributed by atoms with E-state index >= 15 is 0 Å². The molecule has 1 heterocycles. The maximum Gasteiger partial charge on any atom is 0.355 e. The summed E-state index contributed by atoms with van der Waals surface area (Å²) < 4.78 is 9.95. The first-order valence-electron chi connectivity index (χ1n) is 8.14. The Morgan fingerprint density at radius 2 is 1.79 bits per heavy atom. The van der Waals surface area contributed by atoms with E-state index in [9.17, 15) is 14.4 Å². The lowest BCUT2D eigenvalue weighted by Gasteiger charge is -2.17. The van der Waals surface area contributed by atoms with Crippen LogP contribution < -0.4 is 5.32 Å². The summed E-state index contributed by atoms with van der Waals surface area (Å²) in [4.78, 5) is 39.0. The van der Waals surface area contributed by atoms with Crippen LogP contribution in [0.25, 0.3) is 0 Å². The molecule has 0 bridgehead atoms. The van der Waals surface area contributed by atoms with Gasteiger partial charge >= 0.3 is 11.9 Å². The topological polar surface area (TPSA) is 97.5 Å². The molecule has 1 atom stereocenters. The van der Waals surface area contributed by atoms with Gasteiger partial charge in [0.05, 0.1) is 12.7 Å². The van der Waals surface area contributed by atoms with Crippen LogP contribution in [0.15, 0.2) is 0 Å². The number of nitrogens with one attached hydrogen (secondary N) is 2. The van der Waals surface area contributed by atoms with Gasteiger partial charge in [0.15, 0.2) is 6.10 Å². The molecule has 1 aromatic rings. The van der Waals surface area contributed by atoms with Crippen LogP contribution >= 0.6 is 0 Å². The summed E-state index contributed by atoms with van der Waals surface area (Å²) in [6.07, 6.45) is 3.24. The number of amides is 1. The second-order valence-corrected chi connectivity index (χ2v) is 6.15. The predicted molar refractivity (Wildman–Crippen MR) is 86.9 cm³/mol. The summed E-state index contributed by atoms with van der Waals surface area (Å²) in [6, 6.07) is 0.166. The number of rotatable bonds is 5. The second-order valence-electron chi connectivity index (χ2n) is 6.15. The number of H-pyrrole nitrogens is 1.